The van der Waals surface area contributed by atoms with E-state index in [-0.39, 0.29) is 6.04 Å². The molecule has 2 fully saturated rings. The highest BCUT2D eigenvalue weighted by Gasteiger charge is 2.42. The normalized spacial score (nSPS) is 29.7. The van der Waals surface area contributed by atoms with Crippen molar-refractivity contribution in [1.29, 1.82) is 0 Å². The molecule has 0 aliphatic heterocycles. The van der Waals surface area contributed by atoms with Crippen LogP contribution in [0, 0.1) is 17.8 Å². The minimum atomic E-state index is -3.45. The molecule has 116 valence electrons. The number of benzene rings is 1. The summed E-state index contributed by atoms with van der Waals surface area (Å²) in [4.78, 5) is 0.320. The molecule has 0 saturated heterocycles. The van der Waals surface area contributed by atoms with E-state index >= 15 is 0 Å². The molecule has 2 saturated carbocycles. The SMILES string of the molecule is CC(NS(=O)(=O)c1cccc(CN)c1)C1CC2CCC1C2. The summed E-state index contributed by atoms with van der Waals surface area (Å²) in [5.74, 6) is 2.03. The minimum absolute atomic E-state index is 0.00633. The Morgan fingerprint density at radius 3 is 2.76 bits per heavy atom. The number of sulfonamides is 1. The van der Waals surface area contributed by atoms with Crippen LogP contribution in [0.3, 0.4) is 0 Å². The molecule has 4 nitrogen and oxygen atoms in total. The van der Waals surface area contributed by atoms with Crippen LogP contribution in [0.4, 0.5) is 0 Å². The van der Waals surface area contributed by atoms with Gasteiger partial charge in [-0.1, -0.05) is 18.6 Å². The van der Waals surface area contributed by atoms with Gasteiger partial charge in [0.15, 0.2) is 0 Å². The average Bonchev–Trinajstić information content (AvgIpc) is 3.09. The zero-order valence-electron chi connectivity index (χ0n) is 12.5. The summed E-state index contributed by atoms with van der Waals surface area (Å²) < 4.78 is 27.9. The molecule has 0 spiro atoms. The summed E-state index contributed by atoms with van der Waals surface area (Å²) in [6, 6.07) is 6.90. The summed E-state index contributed by atoms with van der Waals surface area (Å²) in [7, 11) is -3.45. The second-order valence-electron chi connectivity index (χ2n) is 6.60. The number of rotatable bonds is 5. The van der Waals surface area contributed by atoms with Gasteiger partial charge in [-0.05, 0) is 61.6 Å². The Balaban J connectivity index is 1.73. The van der Waals surface area contributed by atoms with Crippen molar-refractivity contribution in [2.24, 2.45) is 23.5 Å². The lowest BCUT2D eigenvalue weighted by Gasteiger charge is -2.28. The molecule has 3 N–H and O–H groups in total. The first kappa shape index (κ1) is 15.0. The second kappa shape index (κ2) is 5.71. The van der Waals surface area contributed by atoms with E-state index in [9.17, 15) is 8.42 Å². The molecule has 3 rings (SSSR count). The summed E-state index contributed by atoms with van der Waals surface area (Å²) in [5.41, 5.74) is 6.43. The van der Waals surface area contributed by atoms with Crippen molar-refractivity contribution in [3.8, 4) is 0 Å². The first-order valence-electron chi connectivity index (χ1n) is 7.81. The van der Waals surface area contributed by atoms with Crippen LogP contribution in [0.5, 0.6) is 0 Å². The Bertz CT molecular complexity index is 614. The fourth-order valence-corrected chi connectivity index (χ4v) is 5.51. The highest BCUT2D eigenvalue weighted by molar-refractivity contribution is 7.89. The molecule has 4 atom stereocenters. The maximum Gasteiger partial charge on any atom is 0.240 e. The Morgan fingerprint density at radius 2 is 2.14 bits per heavy atom. The Hall–Kier alpha value is -0.910. The molecule has 0 aromatic heterocycles. The van der Waals surface area contributed by atoms with Gasteiger partial charge in [0.1, 0.15) is 0 Å². The summed E-state index contributed by atoms with van der Waals surface area (Å²) in [5, 5.41) is 0. The van der Waals surface area contributed by atoms with Crippen LogP contribution in [0.1, 0.15) is 38.2 Å². The van der Waals surface area contributed by atoms with Crippen molar-refractivity contribution < 1.29 is 8.42 Å². The van der Waals surface area contributed by atoms with Gasteiger partial charge in [-0.2, -0.15) is 0 Å². The molecule has 2 aliphatic carbocycles. The number of hydrogen-bond acceptors (Lipinski definition) is 3. The molecule has 1 aromatic carbocycles. The van der Waals surface area contributed by atoms with Crippen LogP contribution in [0.2, 0.25) is 0 Å². The maximum atomic E-state index is 12.5. The van der Waals surface area contributed by atoms with Crippen LogP contribution < -0.4 is 10.5 Å². The van der Waals surface area contributed by atoms with Crippen LogP contribution in [0.25, 0.3) is 0 Å². The molecule has 1 aromatic rings. The molecular weight excluding hydrogens is 284 g/mol. The van der Waals surface area contributed by atoms with E-state index in [2.05, 4.69) is 4.72 Å². The van der Waals surface area contributed by atoms with Gasteiger partial charge in [-0.25, -0.2) is 13.1 Å². The summed E-state index contributed by atoms with van der Waals surface area (Å²) in [6.45, 7) is 2.36. The zero-order chi connectivity index (χ0) is 15.0. The van der Waals surface area contributed by atoms with Crippen molar-refractivity contribution in [3.63, 3.8) is 0 Å². The Labute approximate surface area is 127 Å². The summed E-state index contributed by atoms with van der Waals surface area (Å²) in [6.07, 6.45) is 5.07. The third-order valence-electron chi connectivity index (χ3n) is 5.22. The van der Waals surface area contributed by atoms with Gasteiger partial charge in [0.05, 0.1) is 4.90 Å². The standard InChI is InChI=1S/C16H24N2O2S/c1-11(16-9-12-5-6-14(16)7-12)18-21(19,20)15-4-2-3-13(8-15)10-17/h2-4,8,11-12,14,16,18H,5-7,9-10,17H2,1H3. The molecule has 2 aliphatic rings. The molecule has 21 heavy (non-hydrogen) atoms. The van der Waals surface area contributed by atoms with Gasteiger partial charge in [0.25, 0.3) is 0 Å². The average molecular weight is 308 g/mol. The second-order valence-corrected chi connectivity index (χ2v) is 8.31. The van der Waals surface area contributed by atoms with Crippen molar-refractivity contribution in [2.75, 3.05) is 0 Å². The molecule has 0 radical (unpaired) electrons. The molecule has 0 heterocycles. The fraction of sp³-hybridized carbons (Fsp3) is 0.625. The smallest absolute Gasteiger partial charge is 0.240 e. The van der Waals surface area contributed by atoms with Crippen LogP contribution in [-0.2, 0) is 16.6 Å². The van der Waals surface area contributed by atoms with E-state index < -0.39 is 10.0 Å². The van der Waals surface area contributed by atoms with E-state index in [4.69, 9.17) is 5.73 Å². The third-order valence-corrected chi connectivity index (χ3v) is 6.78. The fourth-order valence-electron chi connectivity index (χ4n) is 4.15. The molecule has 2 bridgehead atoms. The first-order valence-corrected chi connectivity index (χ1v) is 9.29. The molecule has 0 amide bonds. The number of nitrogens with one attached hydrogen (secondary N) is 1. The third kappa shape index (κ3) is 3.00. The predicted octanol–water partition coefficient (Wildman–Crippen LogP) is 2.25. The molecular formula is C16H24N2O2S. The highest BCUT2D eigenvalue weighted by Crippen LogP contribution is 2.49. The van der Waals surface area contributed by atoms with Crippen molar-refractivity contribution in [3.05, 3.63) is 29.8 Å². The van der Waals surface area contributed by atoms with Gasteiger partial charge in [0, 0.05) is 12.6 Å². The number of nitrogens with two attached hydrogens (primary N) is 1. The summed E-state index contributed by atoms with van der Waals surface area (Å²) >= 11 is 0. The first-order chi connectivity index (χ1) is 9.99. The van der Waals surface area contributed by atoms with E-state index in [1.807, 2.05) is 13.0 Å². The zero-order valence-corrected chi connectivity index (χ0v) is 13.3. The number of fused-ring (bicyclic) bond motifs is 2. The van der Waals surface area contributed by atoms with E-state index in [0.29, 0.717) is 23.3 Å². The van der Waals surface area contributed by atoms with Gasteiger partial charge < -0.3 is 5.73 Å². The van der Waals surface area contributed by atoms with Crippen LogP contribution in [-0.4, -0.2) is 14.5 Å². The Morgan fingerprint density at radius 1 is 1.33 bits per heavy atom. The molecule has 5 heteroatoms. The monoisotopic (exact) mass is 308 g/mol. The van der Waals surface area contributed by atoms with Crippen LogP contribution >= 0.6 is 0 Å². The van der Waals surface area contributed by atoms with Gasteiger partial charge in [-0.15, -0.1) is 0 Å². The lowest BCUT2D eigenvalue weighted by Crippen LogP contribution is -2.40. The highest BCUT2D eigenvalue weighted by atomic mass is 32.2. The lowest BCUT2D eigenvalue weighted by atomic mass is 9.84. The van der Waals surface area contributed by atoms with Crippen molar-refractivity contribution in [2.45, 2.75) is 50.1 Å². The topological polar surface area (TPSA) is 72.2 Å². The molecule has 4 unspecified atom stereocenters. The van der Waals surface area contributed by atoms with E-state index in [1.54, 1.807) is 18.2 Å². The van der Waals surface area contributed by atoms with Gasteiger partial charge in [-0.3, -0.25) is 0 Å². The van der Waals surface area contributed by atoms with Crippen LogP contribution in [0.15, 0.2) is 29.2 Å². The Kier molecular flexibility index (Phi) is 4.08. The predicted molar refractivity (Wildman–Crippen MR) is 83.1 cm³/mol. The maximum absolute atomic E-state index is 12.5. The quantitative estimate of drug-likeness (QED) is 0.876. The van der Waals surface area contributed by atoms with Crippen molar-refractivity contribution >= 4 is 10.0 Å². The van der Waals surface area contributed by atoms with E-state index in [1.165, 1.54) is 25.7 Å². The minimum Gasteiger partial charge on any atom is -0.326 e. The van der Waals surface area contributed by atoms with Crippen molar-refractivity contribution in [1.82, 2.24) is 4.72 Å². The largest absolute Gasteiger partial charge is 0.326 e. The number of hydrogen-bond donors (Lipinski definition) is 2. The lowest BCUT2D eigenvalue weighted by molar-refractivity contribution is 0.280. The van der Waals surface area contributed by atoms with Gasteiger partial charge >= 0.3 is 0 Å². The van der Waals surface area contributed by atoms with Gasteiger partial charge in [0.2, 0.25) is 10.0 Å². The van der Waals surface area contributed by atoms with E-state index in [0.717, 1.165) is 11.5 Å².